The lowest BCUT2D eigenvalue weighted by molar-refractivity contribution is -0.122. The van der Waals surface area contributed by atoms with E-state index < -0.39 is 0 Å². The molecular weight excluding hydrogens is 336 g/mol. The van der Waals surface area contributed by atoms with Crippen LogP contribution in [0.3, 0.4) is 0 Å². The van der Waals surface area contributed by atoms with E-state index >= 15 is 0 Å². The number of rotatable bonds is 7. The molecule has 134 valence electrons. The molecule has 2 heterocycles. The van der Waals surface area contributed by atoms with Crippen LogP contribution in [0.25, 0.3) is 6.08 Å². The van der Waals surface area contributed by atoms with Crippen LogP contribution in [-0.2, 0) is 4.79 Å². The van der Waals surface area contributed by atoms with Gasteiger partial charge in [0.25, 0.3) is 5.91 Å². The lowest BCUT2D eigenvalue weighted by Gasteiger charge is -2.14. The number of aliphatic imine (C=N–C) groups is 1. The summed E-state index contributed by atoms with van der Waals surface area (Å²) in [7, 11) is 0. The van der Waals surface area contributed by atoms with E-state index in [1.807, 2.05) is 29.2 Å². The molecule has 0 saturated carbocycles. The van der Waals surface area contributed by atoms with Gasteiger partial charge in [0.05, 0.1) is 4.91 Å². The SMILES string of the molecule is CCCCN=C1S/C(=C\c2ccc3c(c2)OCO3)C(=O)N1CCCC. The predicted molar refractivity (Wildman–Crippen MR) is 102 cm³/mol. The molecule has 6 heteroatoms. The molecule has 0 unspecified atom stereocenters. The zero-order chi connectivity index (χ0) is 17.6. The van der Waals surface area contributed by atoms with E-state index in [1.54, 1.807) is 0 Å². The first-order valence-electron chi connectivity index (χ1n) is 8.88. The highest BCUT2D eigenvalue weighted by Crippen LogP contribution is 2.36. The van der Waals surface area contributed by atoms with Crippen molar-refractivity contribution in [3.8, 4) is 11.5 Å². The predicted octanol–water partition coefficient (Wildman–Crippen LogP) is 4.29. The molecule has 1 amide bonds. The number of amides is 1. The van der Waals surface area contributed by atoms with Gasteiger partial charge in [0.15, 0.2) is 16.7 Å². The largest absolute Gasteiger partial charge is 0.454 e. The van der Waals surface area contributed by atoms with Crippen molar-refractivity contribution in [1.82, 2.24) is 4.90 Å². The molecule has 1 aromatic rings. The molecule has 1 fully saturated rings. The third-order valence-corrected chi connectivity index (χ3v) is 5.12. The fourth-order valence-corrected chi connectivity index (χ4v) is 3.66. The number of hydrogen-bond acceptors (Lipinski definition) is 5. The van der Waals surface area contributed by atoms with Gasteiger partial charge in [-0.1, -0.05) is 32.8 Å². The van der Waals surface area contributed by atoms with Crippen molar-refractivity contribution >= 4 is 28.9 Å². The number of hydrogen-bond donors (Lipinski definition) is 0. The Morgan fingerprint density at radius 2 is 2.00 bits per heavy atom. The van der Waals surface area contributed by atoms with Crippen LogP contribution in [0.4, 0.5) is 0 Å². The highest BCUT2D eigenvalue weighted by molar-refractivity contribution is 8.18. The maximum Gasteiger partial charge on any atom is 0.266 e. The molecule has 0 N–H and O–H groups in total. The highest BCUT2D eigenvalue weighted by Gasteiger charge is 2.32. The Kier molecular flexibility index (Phi) is 6.02. The average Bonchev–Trinajstić information content (AvgIpc) is 3.19. The van der Waals surface area contributed by atoms with E-state index in [2.05, 4.69) is 18.8 Å². The van der Waals surface area contributed by atoms with Gasteiger partial charge >= 0.3 is 0 Å². The molecule has 1 saturated heterocycles. The van der Waals surface area contributed by atoms with Crippen molar-refractivity contribution in [3.63, 3.8) is 0 Å². The number of nitrogens with zero attached hydrogens (tertiary/aromatic N) is 2. The van der Waals surface area contributed by atoms with Gasteiger partial charge in [0.1, 0.15) is 0 Å². The molecule has 0 aliphatic carbocycles. The van der Waals surface area contributed by atoms with Gasteiger partial charge in [-0.15, -0.1) is 0 Å². The molecule has 2 aliphatic rings. The number of fused-ring (bicyclic) bond motifs is 1. The van der Waals surface area contributed by atoms with Gasteiger partial charge in [0.2, 0.25) is 6.79 Å². The van der Waals surface area contributed by atoms with Crippen molar-refractivity contribution in [2.45, 2.75) is 39.5 Å². The van der Waals surface area contributed by atoms with Crippen LogP contribution in [0.15, 0.2) is 28.1 Å². The topological polar surface area (TPSA) is 51.1 Å². The van der Waals surface area contributed by atoms with Gasteiger partial charge in [-0.3, -0.25) is 14.7 Å². The Balaban J connectivity index is 1.81. The van der Waals surface area contributed by atoms with Gasteiger partial charge in [-0.25, -0.2) is 0 Å². The Morgan fingerprint density at radius 3 is 2.80 bits per heavy atom. The van der Waals surface area contributed by atoms with Crippen LogP contribution in [0, 0.1) is 0 Å². The summed E-state index contributed by atoms with van der Waals surface area (Å²) < 4.78 is 10.7. The summed E-state index contributed by atoms with van der Waals surface area (Å²) in [5.74, 6) is 1.52. The van der Waals surface area contributed by atoms with Gasteiger partial charge < -0.3 is 9.47 Å². The quantitative estimate of drug-likeness (QED) is 0.538. The Hall–Kier alpha value is -1.95. The summed E-state index contributed by atoms with van der Waals surface area (Å²) in [4.78, 5) is 20.0. The van der Waals surface area contributed by atoms with Crippen LogP contribution in [0.1, 0.15) is 45.1 Å². The number of amidine groups is 1. The molecule has 2 aliphatic heterocycles. The van der Waals surface area contributed by atoms with Crippen molar-refractivity contribution in [2.24, 2.45) is 4.99 Å². The fraction of sp³-hybridized carbons (Fsp3) is 0.474. The molecular formula is C19H24N2O3S. The number of unbranched alkanes of at least 4 members (excludes halogenated alkanes) is 2. The first kappa shape index (κ1) is 17.9. The van der Waals surface area contributed by atoms with Crippen LogP contribution in [0.5, 0.6) is 11.5 Å². The minimum absolute atomic E-state index is 0.0476. The van der Waals surface area contributed by atoms with E-state index in [0.717, 1.165) is 61.0 Å². The lowest BCUT2D eigenvalue weighted by Crippen LogP contribution is -2.30. The summed E-state index contributed by atoms with van der Waals surface area (Å²) in [6.45, 7) is 6.03. The van der Waals surface area contributed by atoms with Crippen molar-refractivity contribution in [2.75, 3.05) is 19.9 Å². The molecule has 0 bridgehead atoms. The maximum absolute atomic E-state index is 12.8. The Labute approximate surface area is 153 Å². The Morgan fingerprint density at radius 1 is 1.20 bits per heavy atom. The third kappa shape index (κ3) is 4.18. The Bertz CT molecular complexity index is 700. The first-order chi connectivity index (χ1) is 12.2. The van der Waals surface area contributed by atoms with Gasteiger partial charge in [0, 0.05) is 13.1 Å². The summed E-state index contributed by atoms with van der Waals surface area (Å²) in [6.07, 6.45) is 6.09. The van der Waals surface area contributed by atoms with E-state index in [0.29, 0.717) is 4.91 Å². The number of benzene rings is 1. The van der Waals surface area contributed by atoms with Crippen molar-refractivity contribution in [1.29, 1.82) is 0 Å². The second-order valence-corrected chi connectivity index (χ2v) is 7.06. The van der Waals surface area contributed by atoms with Crippen molar-refractivity contribution in [3.05, 3.63) is 28.7 Å². The molecule has 5 nitrogen and oxygen atoms in total. The second kappa shape index (κ2) is 8.43. The van der Waals surface area contributed by atoms with Gasteiger partial charge in [-0.05, 0) is 48.4 Å². The van der Waals surface area contributed by atoms with E-state index in [4.69, 9.17) is 9.47 Å². The minimum atomic E-state index is 0.0476. The summed E-state index contributed by atoms with van der Waals surface area (Å²) >= 11 is 1.47. The summed E-state index contributed by atoms with van der Waals surface area (Å²) in [5, 5.41) is 0.832. The standard InChI is InChI=1S/C19H24N2O3S/c1-3-5-9-20-19-21(10-6-4-2)18(22)17(25-19)12-14-7-8-15-16(11-14)24-13-23-15/h7-8,11-12H,3-6,9-10,13H2,1-2H3/b17-12-,20-19?. The normalized spacial score (nSPS) is 19.4. The summed E-state index contributed by atoms with van der Waals surface area (Å²) in [5.41, 5.74) is 0.936. The van der Waals surface area contributed by atoms with E-state index in [9.17, 15) is 4.79 Å². The van der Waals surface area contributed by atoms with E-state index in [-0.39, 0.29) is 12.7 Å². The number of thioether (sulfide) groups is 1. The van der Waals surface area contributed by atoms with Crippen LogP contribution < -0.4 is 9.47 Å². The van der Waals surface area contributed by atoms with Crippen LogP contribution in [0.2, 0.25) is 0 Å². The number of ether oxygens (including phenoxy) is 2. The summed E-state index contributed by atoms with van der Waals surface area (Å²) in [6, 6.07) is 5.73. The molecule has 0 spiro atoms. The number of carbonyl (C=O) groups excluding carboxylic acids is 1. The van der Waals surface area contributed by atoms with E-state index in [1.165, 1.54) is 11.8 Å². The fourth-order valence-electron chi connectivity index (χ4n) is 2.63. The lowest BCUT2D eigenvalue weighted by atomic mass is 10.2. The molecule has 3 rings (SSSR count). The maximum atomic E-state index is 12.8. The van der Waals surface area contributed by atoms with Gasteiger partial charge in [-0.2, -0.15) is 0 Å². The minimum Gasteiger partial charge on any atom is -0.454 e. The monoisotopic (exact) mass is 360 g/mol. The molecule has 0 aromatic heterocycles. The molecule has 1 aromatic carbocycles. The average molecular weight is 360 g/mol. The highest BCUT2D eigenvalue weighted by atomic mass is 32.2. The molecule has 0 atom stereocenters. The smallest absolute Gasteiger partial charge is 0.266 e. The third-order valence-electron chi connectivity index (χ3n) is 4.08. The van der Waals surface area contributed by atoms with Crippen molar-refractivity contribution < 1.29 is 14.3 Å². The molecule has 0 radical (unpaired) electrons. The van der Waals surface area contributed by atoms with Crippen LogP contribution in [-0.4, -0.2) is 35.9 Å². The zero-order valence-corrected chi connectivity index (χ0v) is 15.6. The van der Waals surface area contributed by atoms with Crippen LogP contribution >= 0.6 is 11.8 Å². The first-order valence-corrected chi connectivity index (χ1v) is 9.70. The second-order valence-electron chi connectivity index (χ2n) is 6.05. The zero-order valence-electron chi connectivity index (χ0n) is 14.8. The number of carbonyl (C=O) groups is 1. The molecule has 25 heavy (non-hydrogen) atoms.